The van der Waals surface area contributed by atoms with Gasteiger partial charge in [0.1, 0.15) is 5.78 Å². The third-order valence-electron chi connectivity index (χ3n) is 8.55. The zero-order valence-electron chi connectivity index (χ0n) is 27.6. The van der Waals surface area contributed by atoms with E-state index in [0.717, 1.165) is 42.9 Å². The maximum atomic E-state index is 12.2. The van der Waals surface area contributed by atoms with Gasteiger partial charge in [-0.2, -0.15) is 0 Å². The summed E-state index contributed by atoms with van der Waals surface area (Å²) in [5.74, 6) is 4.40. The molecule has 0 N–H and O–H groups in total. The number of allylic oxidation sites excluding steroid dienone is 1. The average molecular weight is 533 g/mol. The zero-order valence-corrected chi connectivity index (χ0v) is 27.6. The summed E-state index contributed by atoms with van der Waals surface area (Å²) in [6.07, 6.45) is 28.2. The van der Waals surface area contributed by atoms with E-state index >= 15 is 0 Å². The van der Waals surface area contributed by atoms with Gasteiger partial charge in [0, 0.05) is 12.8 Å². The van der Waals surface area contributed by atoms with Crippen LogP contribution in [-0.4, -0.2) is 5.78 Å². The summed E-state index contributed by atoms with van der Waals surface area (Å²) in [6, 6.07) is 0. The van der Waals surface area contributed by atoms with Crippen molar-refractivity contribution < 1.29 is 4.79 Å². The summed E-state index contributed by atoms with van der Waals surface area (Å²) < 4.78 is 0. The third kappa shape index (κ3) is 27.0. The van der Waals surface area contributed by atoms with E-state index in [1.807, 2.05) is 0 Å². The molecule has 0 aliphatic carbocycles. The highest BCUT2D eigenvalue weighted by Crippen LogP contribution is 2.23. The van der Waals surface area contributed by atoms with Gasteiger partial charge >= 0.3 is 0 Å². The SMILES string of the molecule is C=C(CCCCCCCC(C)CCCCCCCC(=O)CC(C)CCCC(C)C)CC(C)CCCC(C)C. The van der Waals surface area contributed by atoms with Crippen LogP contribution >= 0.6 is 0 Å². The molecule has 0 heterocycles. The van der Waals surface area contributed by atoms with Gasteiger partial charge in [0.25, 0.3) is 0 Å². The molecule has 0 bridgehead atoms. The monoisotopic (exact) mass is 533 g/mol. The lowest BCUT2D eigenvalue weighted by Crippen LogP contribution is -2.06. The molecule has 0 aromatic rings. The van der Waals surface area contributed by atoms with Gasteiger partial charge < -0.3 is 0 Å². The minimum Gasteiger partial charge on any atom is -0.300 e. The normalized spacial score (nSPS) is 14.2. The number of carbonyl (C=O) groups excluding carboxylic acids is 1. The Balaban J connectivity index is 3.50. The second kappa shape index (κ2) is 25.4. The molecule has 1 heteroatoms. The van der Waals surface area contributed by atoms with Gasteiger partial charge in [-0.25, -0.2) is 0 Å². The van der Waals surface area contributed by atoms with E-state index < -0.39 is 0 Å². The van der Waals surface area contributed by atoms with Crippen molar-refractivity contribution in [2.45, 2.75) is 190 Å². The smallest absolute Gasteiger partial charge is 0.133 e. The first-order valence-electron chi connectivity index (χ1n) is 17.3. The lowest BCUT2D eigenvalue weighted by molar-refractivity contribution is -0.120. The second-order valence-electron chi connectivity index (χ2n) is 14.3. The van der Waals surface area contributed by atoms with Gasteiger partial charge in [-0.3, -0.25) is 4.79 Å². The fourth-order valence-corrected chi connectivity index (χ4v) is 5.93. The van der Waals surface area contributed by atoms with E-state index in [9.17, 15) is 4.79 Å². The Bertz CT molecular complexity index is 497. The van der Waals surface area contributed by atoms with Gasteiger partial charge in [-0.1, -0.05) is 163 Å². The van der Waals surface area contributed by atoms with E-state index in [-0.39, 0.29) is 0 Å². The van der Waals surface area contributed by atoms with Crippen molar-refractivity contribution in [3.8, 4) is 0 Å². The van der Waals surface area contributed by atoms with Crippen LogP contribution < -0.4 is 0 Å². The highest BCUT2D eigenvalue weighted by Gasteiger charge is 2.10. The predicted octanol–water partition coefficient (Wildman–Crippen LogP) is 12.9. The van der Waals surface area contributed by atoms with Crippen LogP contribution in [-0.2, 0) is 4.79 Å². The van der Waals surface area contributed by atoms with Gasteiger partial charge in [-0.05, 0) is 55.3 Å². The van der Waals surface area contributed by atoms with E-state index in [1.54, 1.807) is 0 Å². The van der Waals surface area contributed by atoms with Crippen molar-refractivity contribution in [1.82, 2.24) is 0 Å². The highest BCUT2D eigenvalue weighted by atomic mass is 16.1. The molecule has 38 heavy (non-hydrogen) atoms. The molecule has 0 radical (unpaired) electrons. The van der Waals surface area contributed by atoms with Crippen molar-refractivity contribution in [1.29, 1.82) is 0 Å². The number of rotatable bonds is 28. The molecule has 3 unspecified atom stereocenters. The largest absolute Gasteiger partial charge is 0.300 e. The highest BCUT2D eigenvalue weighted by molar-refractivity contribution is 5.78. The van der Waals surface area contributed by atoms with Crippen LogP contribution in [0.1, 0.15) is 190 Å². The predicted molar refractivity (Wildman–Crippen MR) is 173 cm³/mol. The number of hydrogen-bond acceptors (Lipinski definition) is 1. The van der Waals surface area contributed by atoms with E-state index in [0.29, 0.717) is 11.7 Å². The van der Waals surface area contributed by atoms with Gasteiger partial charge in [0.05, 0.1) is 0 Å². The number of carbonyl (C=O) groups is 1. The van der Waals surface area contributed by atoms with Gasteiger partial charge in [0.15, 0.2) is 0 Å². The van der Waals surface area contributed by atoms with Crippen molar-refractivity contribution in [3.05, 3.63) is 12.2 Å². The van der Waals surface area contributed by atoms with Gasteiger partial charge in [-0.15, -0.1) is 0 Å². The summed E-state index contributed by atoms with van der Waals surface area (Å²) in [7, 11) is 0. The van der Waals surface area contributed by atoms with E-state index in [2.05, 4.69) is 55.0 Å². The molecule has 0 spiro atoms. The first-order chi connectivity index (χ1) is 18.1. The molecule has 0 rings (SSSR count). The van der Waals surface area contributed by atoms with Crippen molar-refractivity contribution in [2.75, 3.05) is 0 Å². The fraction of sp³-hybridized carbons (Fsp3) is 0.919. The minimum atomic E-state index is 0.503. The number of ketones is 1. The number of Topliss-reactive ketones (excluding diaryl/α,β-unsaturated/α-hetero) is 1. The molecule has 0 aromatic carbocycles. The molecule has 0 fully saturated rings. The Hall–Kier alpha value is -0.590. The summed E-state index contributed by atoms with van der Waals surface area (Å²) in [4.78, 5) is 12.2. The maximum Gasteiger partial charge on any atom is 0.133 e. The molecule has 0 saturated carbocycles. The molecule has 0 aliphatic heterocycles. The van der Waals surface area contributed by atoms with Crippen molar-refractivity contribution in [3.63, 3.8) is 0 Å². The Morgan fingerprint density at radius 1 is 0.447 bits per heavy atom. The molecular weight excluding hydrogens is 460 g/mol. The number of hydrogen-bond donors (Lipinski definition) is 0. The van der Waals surface area contributed by atoms with Crippen LogP contribution in [0, 0.1) is 29.6 Å². The number of unbranched alkanes of at least 4 members (excludes halogenated alkanes) is 8. The van der Waals surface area contributed by atoms with Crippen LogP contribution in [0.3, 0.4) is 0 Å². The first-order valence-corrected chi connectivity index (χ1v) is 17.3. The Labute approximate surface area is 241 Å². The van der Waals surface area contributed by atoms with E-state index in [4.69, 9.17) is 0 Å². The minimum absolute atomic E-state index is 0.503. The van der Waals surface area contributed by atoms with Crippen LogP contribution in [0.15, 0.2) is 12.2 Å². The molecular formula is C37H72O. The Morgan fingerprint density at radius 2 is 0.842 bits per heavy atom. The lowest BCUT2D eigenvalue weighted by atomic mass is 9.92. The molecule has 226 valence electrons. The molecule has 0 aromatic heterocycles. The van der Waals surface area contributed by atoms with Crippen LogP contribution in [0.5, 0.6) is 0 Å². The Morgan fingerprint density at radius 3 is 1.34 bits per heavy atom. The molecule has 1 nitrogen and oxygen atoms in total. The van der Waals surface area contributed by atoms with Crippen molar-refractivity contribution >= 4 is 5.78 Å². The summed E-state index contributed by atoms with van der Waals surface area (Å²) in [6.45, 7) is 20.7. The first kappa shape index (κ1) is 37.4. The van der Waals surface area contributed by atoms with Crippen LogP contribution in [0.25, 0.3) is 0 Å². The van der Waals surface area contributed by atoms with E-state index in [1.165, 1.54) is 128 Å². The second-order valence-corrected chi connectivity index (χ2v) is 14.3. The standard InChI is InChI=1S/C37H72O/c1-31(2)21-19-26-35(7)29-34(6)25-17-13-9-11-15-23-33(5)24-16-12-10-14-18-28-37(38)30-36(8)27-20-22-32(3)4/h31-33,35-36H,6,9-30H2,1-5,7-8H3. The average Bonchev–Trinajstić information content (AvgIpc) is 2.82. The Kier molecular flexibility index (Phi) is 25.0. The molecule has 0 aliphatic rings. The van der Waals surface area contributed by atoms with Crippen LogP contribution in [0.2, 0.25) is 0 Å². The molecule has 0 amide bonds. The summed E-state index contributed by atoms with van der Waals surface area (Å²) in [5.41, 5.74) is 1.49. The topological polar surface area (TPSA) is 17.1 Å². The van der Waals surface area contributed by atoms with Crippen LogP contribution in [0.4, 0.5) is 0 Å². The lowest BCUT2D eigenvalue weighted by Gasteiger charge is -2.14. The fourth-order valence-electron chi connectivity index (χ4n) is 5.93. The quantitative estimate of drug-likeness (QED) is 0.0723. The van der Waals surface area contributed by atoms with Crippen molar-refractivity contribution in [2.24, 2.45) is 29.6 Å². The maximum absolute atomic E-state index is 12.2. The molecule has 3 atom stereocenters. The zero-order chi connectivity index (χ0) is 28.6. The third-order valence-corrected chi connectivity index (χ3v) is 8.55. The van der Waals surface area contributed by atoms with Gasteiger partial charge in [0.2, 0.25) is 0 Å². The molecule has 0 saturated heterocycles. The summed E-state index contributed by atoms with van der Waals surface area (Å²) >= 11 is 0. The summed E-state index contributed by atoms with van der Waals surface area (Å²) in [5, 5.41) is 0.